The Morgan fingerprint density at radius 2 is 1.95 bits per heavy atom. The van der Waals surface area contributed by atoms with Crippen molar-refractivity contribution >= 4 is 69.2 Å². The Morgan fingerprint density at radius 1 is 1.18 bits per heavy atom. The monoisotopic (exact) mass is 821 g/mol. The molecule has 0 aliphatic carbocycles. The van der Waals surface area contributed by atoms with Crippen molar-refractivity contribution in [3.05, 3.63) is 71.6 Å². The number of benzene rings is 1. The average molecular weight is 822 g/mol. The summed E-state index contributed by atoms with van der Waals surface area (Å²) < 4.78 is 24.5. The number of oxime groups is 1. The van der Waals surface area contributed by atoms with E-state index in [1.807, 2.05) is 30.0 Å². The number of hydrogen-bond acceptors (Lipinski definition) is 15. The number of methoxy groups -OCH3 is 1. The number of anilines is 1. The van der Waals surface area contributed by atoms with Crippen LogP contribution in [0.15, 0.2) is 65.3 Å². The second kappa shape index (κ2) is 17.7. The molecule has 0 bridgehead atoms. The Labute approximate surface area is 336 Å². The topological polar surface area (TPSA) is 218 Å². The van der Waals surface area contributed by atoms with Crippen LogP contribution in [-0.4, -0.2) is 95.9 Å². The van der Waals surface area contributed by atoms with E-state index in [1.54, 1.807) is 65.3 Å². The number of esters is 1. The molecule has 2 aliphatic rings. The lowest BCUT2D eigenvalue weighted by Gasteiger charge is -2.49. The number of carbonyl (C=O) groups is 4. The van der Waals surface area contributed by atoms with Crippen LogP contribution in [0.2, 0.25) is 0 Å². The zero-order valence-corrected chi connectivity index (χ0v) is 34.0. The second-order valence-electron chi connectivity index (χ2n) is 14.2. The molecule has 1 fully saturated rings. The van der Waals surface area contributed by atoms with Crippen LogP contribution < -0.4 is 25.7 Å². The van der Waals surface area contributed by atoms with E-state index >= 15 is 0 Å². The molecule has 0 saturated carbocycles. The fourth-order valence-electron chi connectivity index (χ4n) is 5.98. The van der Waals surface area contributed by atoms with E-state index in [4.69, 9.17) is 24.8 Å². The van der Waals surface area contributed by atoms with Gasteiger partial charge >= 0.3 is 17.7 Å². The molecule has 57 heavy (non-hydrogen) atoms. The lowest BCUT2D eigenvalue weighted by atomic mass is 10.0. The minimum atomic E-state index is -1.03. The fourth-order valence-corrected chi connectivity index (χ4v) is 7.87. The molecule has 3 amide bonds. The molecule has 2 aliphatic heterocycles. The van der Waals surface area contributed by atoms with Crippen LogP contribution in [0.25, 0.3) is 11.2 Å². The zero-order chi connectivity index (χ0) is 40.9. The number of amides is 3. The molecule has 20 heteroatoms. The van der Waals surface area contributed by atoms with E-state index in [1.165, 1.54) is 16.7 Å². The van der Waals surface area contributed by atoms with Gasteiger partial charge in [0.15, 0.2) is 11.8 Å². The number of nitrogens with zero attached hydrogens (tertiary/aromatic N) is 7. The Bertz CT molecular complexity index is 2200. The number of ether oxygens (including phenoxy) is 3. The van der Waals surface area contributed by atoms with Gasteiger partial charge in [-0.05, 0) is 70.9 Å². The lowest BCUT2D eigenvalue weighted by molar-refractivity contribution is -0.665. The summed E-state index contributed by atoms with van der Waals surface area (Å²) in [4.78, 5) is 69.5. The molecule has 1 aromatic carbocycles. The fraction of sp³-hybridized carbons (Fsp3) is 0.432. The number of nitrogens with one attached hydrogen (secondary N) is 2. The first-order valence-electron chi connectivity index (χ1n) is 18.2. The first-order valence-corrected chi connectivity index (χ1v) is 20.0. The van der Waals surface area contributed by atoms with Gasteiger partial charge in [-0.3, -0.25) is 24.4 Å². The first-order chi connectivity index (χ1) is 27.3. The number of thioether (sulfide) groups is 1. The number of carbonyl (C=O) groups excluding carboxylic acids is 4. The average Bonchev–Trinajstić information content (AvgIpc) is 3.78. The van der Waals surface area contributed by atoms with Crippen molar-refractivity contribution in [2.24, 2.45) is 10.9 Å². The molecule has 3 aromatic heterocycles. The molecule has 302 valence electrons. The molecule has 4 aromatic rings. The summed E-state index contributed by atoms with van der Waals surface area (Å²) in [6.45, 7) is 9.78. The molecule has 3 atom stereocenters. The van der Waals surface area contributed by atoms with Crippen LogP contribution in [0.5, 0.6) is 5.75 Å². The number of fused-ring (bicyclic) bond motifs is 2. The Hall–Kier alpha value is -5.60. The van der Waals surface area contributed by atoms with Crippen molar-refractivity contribution in [1.82, 2.24) is 29.1 Å². The molecular formula is C37H45N10O8S2+. The summed E-state index contributed by atoms with van der Waals surface area (Å²) in [5.41, 5.74) is 8.08. The Morgan fingerprint density at radius 3 is 2.65 bits per heavy atom. The molecule has 0 spiro atoms. The maximum Gasteiger partial charge on any atom is 0.414 e. The van der Waals surface area contributed by atoms with Crippen molar-refractivity contribution < 1.29 is 42.8 Å². The third-order valence-corrected chi connectivity index (χ3v) is 10.6. The highest BCUT2D eigenvalue weighted by Gasteiger charge is 2.55. The van der Waals surface area contributed by atoms with E-state index in [0.717, 1.165) is 29.0 Å². The molecule has 18 nitrogen and oxygen atoms in total. The van der Waals surface area contributed by atoms with Gasteiger partial charge < -0.3 is 30.1 Å². The van der Waals surface area contributed by atoms with E-state index in [9.17, 15) is 19.2 Å². The maximum absolute atomic E-state index is 14.0. The van der Waals surface area contributed by atoms with Gasteiger partial charge in [-0.25, -0.2) is 14.2 Å². The van der Waals surface area contributed by atoms with E-state index in [-0.39, 0.29) is 48.2 Å². The van der Waals surface area contributed by atoms with Gasteiger partial charge in [-0.2, -0.15) is 9.36 Å². The highest BCUT2D eigenvalue weighted by atomic mass is 32.2. The largest absolute Gasteiger partial charge is 0.497 e. The van der Waals surface area contributed by atoms with Crippen LogP contribution >= 0.6 is 23.3 Å². The second-order valence-corrected chi connectivity index (χ2v) is 16.1. The van der Waals surface area contributed by atoms with E-state index in [2.05, 4.69) is 34.7 Å². The van der Waals surface area contributed by atoms with Crippen LogP contribution in [0.1, 0.15) is 52.4 Å². The van der Waals surface area contributed by atoms with Gasteiger partial charge in [0, 0.05) is 28.9 Å². The Kier molecular flexibility index (Phi) is 12.7. The molecule has 4 N–H and O–H groups in total. The van der Waals surface area contributed by atoms with Crippen LogP contribution in [-0.2, 0) is 48.4 Å². The number of β-lactam (4-membered cyclic amide) rings is 1. The normalized spacial score (nSPS) is 17.4. The van der Waals surface area contributed by atoms with Crippen molar-refractivity contribution in [1.29, 1.82) is 0 Å². The van der Waals surface area contributed by atoms with Gasteiger partial charge in [0.2, 0.25) is 16.7 Å². The minimum Gasteiger partial charge on any atom is -0.497 e. The molecule has 6 rings (SSSR count). The van der Waals surface area contributed by atoms with Crippen molar-refractivity contribution in [3.8, 4) is 5.75 Å². The summed E-state index contributed by atoms with van der Waals surface area (Å²) in [7, 11) is 1.56. The third-order valence-electron chi connectivity index (χ3n) is 8.61. The van der Waals surface area contributed by atoms with Crippen molar-refractivity contribution in [3.63, 3.8) is 0 Å². The number of rotatable bonds is 15. The number of pyridine rings is 1. The maximum atomic E-state index is 14.0. The van der Waals surface area contributed by atoms with E-state index < -0.39 is 40.9 Å². The highest BCUT2D eigenvalue weighted by molar-refractivity contribution is 8.00. The number of aryl methyl sites for hydroxylation is 1. The SMILES string of the molecule is CCO/N=C(\C(=O)NC1C(=O)N2C(C(=O)OCc3ccc(OC)cc3)=C(C[n+]3cn(CC[C@H](C)N)c4cccnc43)CSC12)c1nsc(NC(=O)OC(C)(C)C)n1. The molecular weight excluding hydrogens is 777 g/mol. The highest BCUT2D eigenvalue weighted by Crippen LogP contribution is 2.41. The summed E-state index contributed by atoms with van der Waals surface area (Å²) >= 11 is 2.20. The summed E-state index contributed by atoms with van der Waals surface area (Å²) in [6.07, 6.45) is 3.63. The quantitative estimate of drug-likeness (QED) is 0.0517. The summed E-state index contributed by atoms with van der Waals surface area (Å²) in [5, 5.41) is 8.55. The number of aromatic nitrogens is 5. The van der Waals surface area contributed by atoms with Gasteiger partial charge in [0.05, 0.1) is 20.2 Å². The number of nitrogens with two attached hydrogens (primary N) is 1. The smallest absolute Gasteiger partial charge is 0.414 e. The van der Waals surface area contributed by atoms with Gasteiger partial charge in [0.25, 0.3) is 11.8 Å². The van der Waals surface area contributed by atoms with E-state index in [0.29, 0.717) is 29.3 Å². The minimum absolute atomic E-state index is 0.00201. The third kappa shape index (κ3) is 9.69. The molecule has 0 radical (unpaired) electrons. The summed E-state index contributed by atoms with van der Waals surface area (Å²) in [5.74, 6) is -1.13. The summed E-state index contributed by atoms with van der Waals surface area (Å²) in [6, 6.07) is 9.90. The predicted molar refractivity (Wildman–Crippen MR) is 211 cm³/mol. The lowest BCUT2D eigenvalue weighted by Crippen LogP contribution is -2.71. The van der Waals surface area contributed by atoms with Crippen LogP contribution in [0.4, 0.5) is 9.93 Å². The molecule has 2 unspecified atom stereocenters. The van der Waals surface area contributed by atoms with Crippen LogP contribution in [0.3, 0.4) is 0 Å². The van der Waals surface area contributed by atoms with Crippen molar-refractivity contribution in [2.75, 3.05) is 24.8 Å². The standard InChI is InChI=1S/C37H44N10O8S2/c1-7-54-43-26(29-41-35(57-44-29)42-36(51)55-37(3,4)5)31(48)40-27-32(49)47-28(34(50)53-18-22-10-12-24(52-6)13-11-22)23(19-56-33(27)47)17-46-20-45(16-14-21(2)38)25-9-8-15-39-30(25)46/h8-13,15,20-21,27,33H,7,14,16-19,38H2,1-6H3,(H-,40,41,42,44,48,51)/p+1/b43-26-/t21-,27?,33?/m0/s1. The Balaban J connectivity index is 1.25. The first kappa shape index (κ1) is 41.0. The van der Waals surface area contributed by atoms with Gasteiger partial charge in [-0.1, -0.05) is 17.3 Å². The molecule has 1 saturated heterocycles. The zero-order valence-electron chi connectivity index (χ0n) is 32.4. The van der Waals surface area contributed by atoms with Crippen LogP contribution in [0, 0.1) is 0 Å². The number of hydrogen-bond donors (Lipinski definition) is 3. The van der Waals surface area contributed by atoms with Gasteiger partial charge in [0.1, 0.15) is 47.9 Å². The van der Waals surface area contributed by atoms with Gasteiger partial charge in [-0.15, -0.1) is 16.7 Å². The molecule has 5 heterocycles. The van der Waals surface area contributed by atoms with Crippen molar-refractivity contribution in [2.45, 2.75) is 83.8 Å². The number of imidazole rings is 1. The predicted octanol–water partition coefficient (Wildman–Crippen LogP) is 3.11.